The molecule has 30 heavy (non-hydrogen) atoms. The molecule has 3 rings (SSSR count). The molecule has 9 nitrogen and oxygen atoms in total. The van der Waals surface area contributed by atoms with Gasteiger partial charge >= 0.3 is 6.03 Å². The van der Waals surface area contributed by atoms with Crippen molar-refractivity contribution < 1.29 is 9.59 Å². The van der Waals surface area contributed by atoms with E-state index in [4.69, 9.17) is 0 Å². The molecule has 0 saturated carbocycles. The molecule has 0 unspecified atom stereocenters. The van der Waals surface area contributed by atoms with Crippen LogP contribution in [0.3, 0.4) is 0 Å². The zero-order valence-electron chi connectivity index (χ0n) is 17.0. The first-order valence-electron chi connectivity index (χ1n) is 9.32. The van der Waals surface area contributed by atoms with Crippen molar-refractivity contribution in [3.63, 3.8) is 0 Å². The van der Waals surface area contributed by atoms with Gasteiger partial charge in [0.1, 0.15) is 6.33 Å². The van der Waals surface area contributed by atoms with E-state index in [1.54, 1.807) is 32.3 Å². The highest BCUT2D eigenvalue weighted by Crippen LogP contribution is 2.18. The lowest BCUT2D eigenvalue weighted by atomic mass is 10.1. The lowest BCUT2D eigenvalue weighted by Gasteiger charge is -2.17. The third-order valence-corrected chi connectivity index (χ3v) is 4.42. The molecule has 3 N–H and O–H groups in total. The van der Waals surface area contributed by atoms with Crippen molar-refractivity contribution in [3.05, 3.63) is 71.5 Å². The number of urea groups is 1. The van der Waals surface area contributed by atoms with Crippen LogP contribution in [0.4, 0.5) is 22.4 Å². The van der Waals surface area contributed by atoms with Gasteiger partial charge in [0.05, 0.1) is 0 Å². The van der Waals surface area contributed by atoms with E-state index in [1.165, 1.54) is 11.2 Å². The molecule has 1 heterocycles. The van der Waals surface area contributed by atoms with Gasteiger partial charge in [0.2, 0.25) is 11.9 Å². The van der Waals surface area contributed by atoms with Crippen LogP contribution < -0.4 is 20.9 Å². The Morgan fingerprint density at radius 2 is 1.83 bits per heavy atom. The third-order valence-electron chi connectivity index (χ3n) is 4.42. The van der Waals surface area contributed by atoms with E-state index >= 15 is 0 Å². The fourth-order valence-corrected chi connectivity index (χ4v) is 2.64. The average Bonchev–Trinajstić information content (AvgIpc) is 2.79. The van der Waals surface area contributed by atoms with E-state index in [1.807, 2.05) is 37.3 Å². The summed E-state index contributed by atoms with van der Waals surface area (Å²) < 4.78 is 0. The van der Waals surface area contributed by atoms with Gasteiger partial charge in [0.15, 0.2) is 0 Å². The number of aromatic nitrogens is 3. The van der Waals surface area contributed by atoms with Gasteiger partial charge in [-0.3, -0.25) is 9.69 Å². The molecule has 154 valence electrons. The molecule has 0 spiro atoms. The average molecular weight is 405 g/mol. The summed E-state index contributed by atoms with van der Waals surface area (Å²) in [7, 11) is 3.23. The maximum absolute atomic E-state index is 12.7. The first-order chi connectivity index (χ1) is 14.5. The van der Waals surface area contributed by atoms with Gasteiger partial charge in [0.25, 0.3) is 5.91 Å². The third kappa shape index (κ3) is 5.07. The molecule has 1 aromatic heterocycles. The Hall–Kier alpha value is -4.01. The second-order valence-corrected chi connectivity index (χ2v) is 6.55. The number of carbonyl (C=O) groups excluding carboxylic acids is 2. The van der Waals surface area contributed by atoms with Crippen LogP contribution in [0.15, 0.2) is 54.9 Å². The molecule has 9 heteroatoms. The molecule has 0 radical (unpaired) electrons. The van der Waals surface area contributed by atoms with Crippen LogP contribution in [0.5, 0.6) is 0 Å². The molecule has 0 bridgehead atoms. The number of nitrogens with one attached hydrogen (secondary N) is 3. The lowest BCUT2D eigenvalue weighted by Crippen LogP contribution is -2.33. The van der Waals surface area contributed by atoms with Crippen LogP contribution in [0.25, 0.3) is 0 Å². The van der Waals surface area contributed by atoms with Gasteiger partial charge in [-0.15, -0.1) is 0 Å². The molecule has 0 aliphatic heterocycles. The van der Waals surface area contributed by atoms with Gasteiger partial charge in [-0.1, -0.05) is 36.4 Å². The maximum atomic E-state index is 12.7. The topological polar surface area (TPSA) is 112 Å². The van der Waals surface area contributed by atoms with Gasteiger partial charge < -0.3 is 16.0 Å². The van der Waals surface area contributed by atoms with Crippen molar-refractivity contribution in [1.29, 1.82) is 0 Å². The lowest BCUT2D eigenvalue weighted by molar-refractivity contribution is 0.0951. The molecule has 0 saturated heterocycles. The maximum Gasteiger partial charge on any atom is 0.328 e. The zero-order chi connectivity index (χ0) is 21.5. The van der Waals surface area contributed by atoms with Gasteiger partial charge in [-0.2, -0.15) is 4.98 Å². The van der Waals surface area contributed by atoms with Crippen molar-refractivity contribution in [2.75, 3.05) is 29.6 Å². The minimum atomic E-state index is -0.437. The number of benzene rings is 2. The number of amides is 3. The number of hydrogen-bond acceptors (Lipinski definition) is 6. The second kappa shape index (κ2) is 9.46. The summed E-state index contributed by atoms with van der Waals surface area (Å²) in [6, 6.07) is 14.4. The van der Waals surface area contributed by atoms with Crippen LogP contribution >= 0.6 is 0 Å². The predicted octanol–water partition coefficient (Wildman–Crippen LogP) is 2.82. The van der Waals surface area contributed by atoms with Gasteiger partial charge in [0, 0.05) is 31.9 Å². The molecule has 0 atom stereocenters. The predicted molar refractivity (Wildman–Crippen MR) is 116 cm³/mol. The van der Waals surface area contributed by atoms with Gasteiger partial charge in [-0.05, 0) is 30.2 Å². The Bertz CT molecular complexity index is 1040. The largest absolute Gasteiger partial charge is 0.357 e. The molecule has 0 aliphatic rings. The van der Waals surface area contributed by atoms with Crippen molar-refractivity contribution in [3.8, 4) is 0 Å². The van der Waals surface area contributed by atoms with Crippen molar-refractivity contribution in [1.82, 2.24) is 20.3 Å². The van der Waals surface area contributed by atoms with E-state index < -0.39 is 6.03 Å². The SMILES string of the molecule is CNc1ncnc(N(C)C(=O)Nc2cc(C(=O)NCc3ccccc3)ccc2C)n1. The molecule has 3 aromatic rings. The molecule has 2 aromatic carbocycles. The van der Waals surface area contributed by atoms with E-state index in [2.05, 4.69) is 30.9 Å². The number of rotatable bonds is 6. The summed E-state index contributed by atoms with van der Waals surface area (Å²) in [5.41, 5.74) is 2.81. The number of anilines is 3. The Morgan fingerprint density at radius 1 is 1.07 bits per heavy atom. The fourth-order valence-electron chi connectivity index (χ4n) is 2.64. The standard InChI is InChI=1S/C21H23N7O2/c1-14-9-10-16(18(29)23-12-15-7-5-4-6-8-15)11-17(14)26-21(30)28(3)20-25-13-24-19(22-2)27-20/h4-11,13H,12H2,1-3H3,(H,23,29)(H,26,30)(H,22,24,25,27). The Morgan fingerprint density at radius 3 is 2.57 bits per heavy atom. The minimum absolute atomic E-state index is 0.196. The summed E-state index contributed by atoms with van der Waals surface area (Å²) in [6.07, 6.45) is 1.32. The molecular formula is C21H23N7O2. The first-order valence-corrected chi connectivity index (χ1v) is 9.32. The highest BCUT2D eigenvalue weighted by molar-refractivity contribution is 6.02. The monoisotopic (exact) mass is 405 g/mol. The molecule has 0 aliphatic carbocycles. The number of aryl methyl sites for hydroxylation is 1. The summed E-state index contributed by atoms with van der Waals surface area (Å²) >= 11 is 0. The van der Waals surface area contributed by atoms with Gasteiger partial charge in [-0.25, -0.2) is 14.8 Å². The number of hydrogen-bond donors (Lipinski definition) is 3. The molecular weight excluding hydrogens is 382 g/mol. The van der Waals surface area contributed by atoms with E-state index in [0.29, 0.717) is 23.7 Å². The number of nitrogens with zero attached hydrogens (tertiary/aromatic N) is 4. The summed E-state index contributed by atoms with van der Waals surface area (Å²) in [4.78, 5) is 38.5. The van der Waals surface area contributed by atoms with Crippen LogP contribution in [0, 0.1) is 6.92 Å². The second-order valence-electron chi connectivity index (χ2n) is 6.55. The van der Waals surface area contributed by atoms with E-state index in [0.717, 1.165) is 11.1 Å². The highest BCUT2D eigenvalue weighted by atomic mass is 16.2. The summed E-state index contributed by atoms with van der Waals surface area (Å²) in [6.45, 7) is 2.27. The zero-order valence-corrected chi connectivity index (χ0v) is 17.0. The van der Waals surface area contributed by atoms with E-state index in [9.17, 15) is 9.59 Å². The van der Waals surface area contributed by atoms with Crippen LogP contribution in [0.1, 0.15) is 21.5 Å². The van der Waals surface area contributed by atoms with E-state index in [-0.39, 0.29) is 11.9 Å². The fraction of sp³-hybridized carbons (Fsp3) is 0.190. The van der Waals surface area contributed by atoms with Crippen LogP contribution in [-0.2, 0) is 6.54 Å². The van der Waals surface area contributed by atoms with Crippen molar-refractivity contribution in [2.45, 2.75) is 13.5 Å². The summed E-state index contributed by atoms with van der Waals surface area (Å²) in [5, 5.41) is 8.48. The smallest absolute Gasteiger partial charge is 0.328 e. The Labute approximate surface area is 174 Å². The Kier molecular flexibility index (Phi) is 6.53. The van der Waals surface area contributed by atoms with Crippen molar-refractivity contribution >= 4 is 29.5 Å². The van der Waals surface area contributed by atoms with Crippen molar-refractivity contribution in [2.24, 2.45) is 0 Å². The quantitative estimate of drug-likeness (QED) is 0.581. The molecule has 0 fully saturated rings. The Balaban J connectivity index is 1.69. The first kappa shape index (κ1) is 20.7. The van der Waals surface area contributed by atoms with Crippen LogP contribution in [0.2, 0.25) is 0 Å². The highest BCUT2D eigenvalue weighted by Gasteiger charge is 2.16. The molecule has 3 amide bonds. The minimum Gasteiger partial charge on any atom is -0.357 e. The summed E-state index contributed by atoms with van der Waals surface area (Å²) in [5.74, 6) is 0.327. The number of carbonyl (C=O) groups is 2. The normalized spacial score (nSPS) is 10.2. The van der Waals surface area contributed by atoms with Crippen LogP contribution in [-0.4, -0.2) is 41.0 Å².